The Morgan fingerprint density at radius 3 is 2.67 bits per heavy atom. The molecule has 9 nitrogen and oxygen atoms in total. The van der Waals surface area contributed by atoms with Crippen molar-refractivity contribution < 1.29 is 19.1 Å². The molecular weight excluding hydrogens is 460 g/mol. The number of ether oxygens (including phenoxy) is 2. The molecule has 9 heteroatoms. The highest BCUT2D eigenvalue weighted by Crippen LogP contribution is 2.22. The summed E-state index contributed by atoms with van der Waals surface area (Å²) in [6, 6.07) is 7.50. The summed E-state index contributed by atoms with van der Waals surface area (Å²) in [6.45, 7) is 2.89. The van der Waals surface area contributed by atoms with Gasteiger partial charge in [0.1, 0.15) is 5.52 Å². The van der Waals surface area contributed by atoms with Crippen LogP contribution in [0.1, 0.15) is 64.7 Å². The molecule has 0 aliphatic heterocycles. The average Bonchev–Trinajstić information content (AvgIpc) is 3.39. The first-order valence-corrected chi connectivity index (χ1v) is 13.0. The van der Waals surface area contributed by atoms with Crippen LogP contribution >= 0.6 is 0 Å². The second-order valence-corrected chi connectivity index (χ2v) is 9.37. The molecule has 0 unspecified atom stereocenters. The average molecular weight is 497 g/mol. The molecule has 0 radical (unpaired) electrons. The van der Waals surface area contributed by atoms with Gasteiger partial charge in [0.05, 0.1) is 18.7 Å². The lowest BCUT2D eigenvalue weighted by Gasteiger charge is -2.31. The molecule has 1 amide bonds. The largest absolute Gasteiger partial charge is 0.478 e. The molecule has 1 saturated carbocycles. The number of fused-ring (bicyclic) bond motifs is 3. The summed E-state index contributed by atoms with van der Waals surface area (Å²) in [7, 11) is 1.92. The van der Waals surface area contributed by atoms with E-state index in [0.29, 0.717) is 67.6 Å². The SMILES string of the molecule is CCOC(=O)CCCn1c(=O)c2cccn2c2nc(OCCCC(=O)N(C)C3CCCCC3)ccc21. The van der Waals surface area contributed by atoms with Crippen molar-refractivity contribution in [1.82, 2.24) is 18.9 Å². The third-order valence-corrected chi connectivity index (χ3v) is 6.93. The number of aromatic nitrogens is 3. The Bertz CT molecular complexity index is 1260. The van der Waals surface area contributed by atoms with Gasteiger partial charge in [-0.15, -0.1) is 0 Å². The van der Waals surface area contributed by atoms with Crippen molar-refractivity contribution in [2.75, 3.05) is 20.3 Å². The Morgan fingerprint density at radius 1 is 1.08 bits per heavy atom. The molecule has 0 atom stereocenters. The number of carbonyl (C=O) groups is 2. The van der Waals surface area contributed by atoms with E-state index in [1.807, 2.05) is 24.1 Å². The van der Waals surface area contributed by atoms with E-state index in [4.69, 9.17) is 9.47 Å². The molecule has 0 bridgehead atoms. The minimum atomic E-state index is -0.268. The summed E-state index contributed by atoms with van der Waals surface area (Å²) in [5, 5.41) is 0. The Labute approximate surface area is 211 Å². The molecule has 1 aliphatic carbocycles. The van der Waals surface area contributed by atoms with Gasteiger partial charge in [-0.05, 0) is 50.8 Å². The Balaban J connectivity index is 1.41. The van der Waals surface area contributed by atoms with Crippen LogP contribution in [0.15, 0.2) is 35.3 Å². The summed E-state index contributed by atoms with van der Waals surface area (Å²) in [4.78, 5) is 43.9. The maximum atomic E-state index is 13.1. The van der Waals surface area contributed by atoms with Gasteiger partial charge in [0.2, 0.25) is 11.8 Å². The number of hydrogen-bond donors (Lipinski definition) is 0. The van der Waals surface area contributed by atoms with Gasteiger partial charge in [-0.25, -0.2) is 0 Å². The van der Waals surface area contributed by atoms with Crippen molar-refractivity contribution in [3.63, 3.8) is 0 Å². The van der Waals surface area contributed by atoms with E-state index in [2.05, 4.69) is 4.98 Å². The van der Waals surface area contributed by atoms with E-state index < -0.39 is 0 Å². The van der Waals surface area contributed by atoms with Crippen LogP contribution in [0.3, 0.4) is 0 Å². The zero-order valence-corrected chi connectivity index (χ0v) is 21.3. The molecule has 1 aliphatic rings. The first-order chi connectivity index (χ1) is 17.5. The maximum Gasteiger partial charge on any atom is 0.305 e. The highest BCUT2D eigenvalue weighted by Gasteiger charge is 2.21. The predicted octanol–water partition coefficient (Wildman–Crippen LogP) is 3.94. The van der Waals surface area contributed by atoms with Gasteiger partial charge in [-0.2, -0.15) is 4.98 Å². The van der Waals surface area contributed by atoms with Crippen LogP contribution in [0.2, 0.25) is 0 Å². The van der Waals surface area contributed by atoms with Crippen LogP contribution in [-0.2, 0) is 20.9 Å². The highest BCUT2D eigenvalue weighted by molar-refractivity contribution is 5.77. The molecule has 4 rings (SSSR count). The van der Waals surface area contributed by atoms with Crippen LogP contribution in [-0.4, -0.2) is 57.0 Å². The van der Waals surface area contributed by atoms with Gasteiger partial charge in [0.15, 0.2) is 5.65 Å². The zero-order valence-electron chi connectivity index (χ0n) is 21.3. The number of nitrogens with zero attached hydrogens (tertiary/aromatic N) is 4. The standard InChI is InChI=1S/C27H36N4O5/c1-3-35-25(33)14-8-18-31-21-15-16-23(28-26(21)30-17-7-12-22(30)27(31)34)36-19-9-13-24(32)29(2)20-10-5-4-6-11-20/h7,12,15-17,20H,3-6,8-11,13-14,18-19H2,1-2H3. The van der Waals surface area contributed by atoms with Crippen LogP contribution in [0.4, 0.5) is 0 Å². The van der Waals surface area contributed by atoms with Crippen molar-refractivity contribution in [2.24, 2.45) is 0 Å². The van der Waals surface area contributed by atoms with E-state index in [1.165, 1.54) is 19.3 Å². The number of amides is 1. The van der Waals surface area contributed by atoms with Crippen molar-refractivity contribution in [3.8, 4) is 5.88 Å². The summed E-state index contributed by atoms with van der Waals surface area (Å²) in [5.41, 5.74) is 1.66. The Morgan fingerprint density at radius 2 is 1.89 bits per heavy atom. The molecule has 0 saturated heterocycles. The second kappa shape index (κ2) is 12.1. The molecule has 0 aromatic carbocycles. The highest BCUT2D eigenvalue weighted by atomic mass is 16.5. The molecule has 36 heavy (non-hydrogen) atoms. The van der Waals surface area contributed by atoms with E-state index in [0.717, 1.165) is 12.8 Å². The van der Waals surface area contributed by atoms with Gasteiger partial charge in [-0.1, -0.05) is 19.3 Å². The van der Waals surface area contributed by atoms with E-state index in [9.17, 15) is 14.4 Å². The summed E-state index contributed by atoms with van der Waals surface area (Å²) >= 11 is 0. The topological polar surface area (TPSA) is 95.1 Å². The summed E-state index contributed by atoms with van der Waals surface area (Å²) < 4.78 is 14.3. The Kier molecular flexibility index (Phi) is 8.61. The lowest BCUT2D eigenvalue weighted by molar-refractivity contribution is -0.143. The van der Waals surface area contributed by atoms with Crippen molar-refractivity contribution in [1.29, 1.82) is 0 Å². The molecule has 194 valence electrons. The van der Waals surface area contributed by atoms with Gasteiger partial charge in [0, 0.05) is 44.7 Å². The fourth-order valence-corrected chi connectivity index (χ4v) is 4.96. The first-order valence-electron chi connectivity index (χ1n) is 13.0. The van der Waals surface area contributed by atoms with Crippen molar-refractivity contribution >= 4 is 28.6 Å². The fourth-order valence-electron chi connectivity index (χ4n) is 4.96. The van der Waals surface area contributed by atoms with Crippen LogP contribution in [0, 0.1) is 0 Å². The number of rotatable bonds is 11. The smallest absolute Gasteiger partial charge is 0.305 e. The molecule has 0 N–H and O–H groups in total. The molecule has 0 spiro atoms. The molecule has 3 heterocycles. The normalized spacial score (nSPS) is 14.3. The first kappa shape index (κ1) is 25.7. The monoisotopic (exact) mass is 496 g/mol. The number of esters is 1. The van der Waals surface area contributed by atoms with Crippen LogP contribution in [0.5, 0.6) is 5.88 Å². The minimum absolute atomic E-state index is 0.132. The molecular formula is C27H36N4O5. The van der Waals surface area contributed by atoms with Crippen molar-refractivity contribution in [3.05, 3.63) is 40.8 Å². The van der Waals surface area contributed by atoms with E-state index >= 15 is 0 Å². The van der Waals surface area contributed by atoms with Gasteiger partial charge in [0.25, 0.3) is 5.56 Å². The van der Waals surface area contributed by atoms with Gasteiger partial charge < -0.3 is 18.9 Å². The van der Waals surface area contributed by atoms with Crippen molar-refractivity contribution in [2.45, 2.75) is 77.3 Å². The third-order valence-electron chi connectivity index (χ3n) is 6.93. The van der Waals surface area contributed by atoms with Crippen LogP contribution in [0.25, 0.3) is 16.7 Å². The summed E-state index contributed by atoms with van der Waals surface area (Å²) in [6.07, 6.45) is 9.47. The molecule has 1 fully saturated rings. The lowest BCUT2D eigenvalue weighted by Crippen LogP contribution is -2.38. The maximum absolute atomic E-state index is 13.1. The molecule has 3 aromatic rings. The zero-order chi connectivity index (χ0) is 25.5. The van der Waals surface area contributed by atoms with Crippen LogP contribution < -0.4 is 10.3 Å². The number of carbonyl (C=O) groups excluding carboxylic acids is 2. The lowest BCUT2D eigenvalue weighted by atomic mass is 9.94. The fraction of sp³-hybridized carbons (Fsp3) is 0.556. The van der Waals surface area contributed by atoms with E-state index in [-0.39, 0.29) is 23.9 Å². The van der Waals surface area contributed by atoms with Gasteiger partial charge >= 0.3 is 5.97 Å². The third kappa shape index (κ3) is 5.88. The second-order valence-electron chi connectivity index (χ2n) is 9.37. The quantitative estimate of drug-likeness (QED) is 0.295. The Hall–Kier alpha value is -3.36. The number of pyridine rings is 1. The minimum Gasteiger partial charge on any atom is -0.478 e. The predicted molar refractivity (Wildman–Crippen MR) is 137 cm³/mol. The summed E-state index contributed by atoms with van der Waals surface area (Å²) in [5.74, 6) is 0.344. The number of aryl methyl sites for hydroxylation is 1. The van der Waals surface area contributed by atoms with Gasteiger partial charge in [-0.3, -0.25) is 18.8 Å². The number of hydrogen-bond acceptors (Lipinski definition) is 6. The van der Waals surface area contributed by atoms with E-state index in [1.54, 1.807) is 34.2 Å². The molecule has 3 aromatic heterocycles.